The fourth-order valence-corrected chi connectivity index (χ4v) is 1.54. The zero-order chi connectivity index (χ0) is 14.7. The molecule has 0 radical (unpaired) electrons. The number of aromatic hydroxyl groups is 1. The van der Waals surface area contributed by atoms with Crippen molar-refractivity contribution in [3.05, 3.63) is 28.2 Å². The second-order valence-corrected chi connectivity index (χ2v) is 4.30. The molecular formula is C12H16N2O5. The van der Waals surface area contributed by atoms with Crippen LogP contribution in [0, 0.1) is 6.92 Å². The molecule has 1 aromatic rings. The number of aromatic nitrogens is 1. The number of aliphatic carboxylic acids is 1. The number of amides is 1. The Morgan fingerprint density at radius 2 is 2.00 bits per heavy atom. The van der Waals surface area contributed by atoms with Gasteiger partial charge in [0.15, 0.2) is 0 Å². The number of aryl methyl sites for hydroxylation is 1. The molecule has 2 N–H and O–H groups in total. The smallest absolute Gasteiger partial charge is 0.326 e. The summed E-state index contributed by atoms with van der Waals surface area (Å²) >= 11 is 0. The molecule has 0 aromatic carbocycles. The molecule has 0 aliphatic rings. The molecule has 0 saturated carbocycles. The predicted octanol–water partition coefficient (Wildman–Crippen LogP) is -0.206. The lowest BCUT2D eigenvalue weighted by molar-refractivity contribution is -0.148. The van der Waals surface area contributed by atoms with Crippen LogP contribution in [0.5, 0.6) is 5.75 Å². The lowest BCUT2D eigenvalue weighted by Crippen LogP contribution is -2.43. The maximum atomic E-state index is 11.9. The largest absolute Gasteiger partial charge is 0.508 e. The van der Waals surface area contributed by atoms with Crippen molar-refractivity contribution in [3.63, 3.8) is 0 Å². The van der Waals surface area contributed by atoms with Crippen molar-refractivity contribution in [2.24, 2.45) is 0 Å². The lowest BCUT2D eigenvalue weighted by Gasteiger charge is -2.22. The maximum absolute atomic E-state index is 11.9. The summed E-state index contributed by atoms with van der Waals surface area (Å²) in [5.74, 6) is -1.78. The van der Waals surface area contributed by atoms with Gasteiger partial charge >= 0.3 is 5.97 Å². The van der Waals surface area contributed by atoms with Crippen LogP contribution in [0.1, 0.15) is 12.6 Å². The van der Waals surface area contributed by atoms with Crippen molar-refractivity contribution in [2.45, 2.75) is 26.4 Å². The molecule has 19 heavy (non-hydrogen) atoms. The molecule has 0 aliphatic carbocycles. The maximum Gasteiger partial charge on any atom is 0.326 e. The summed E-state index contributed by atoms with van der Waals surface area (Å²) in [6, 6.07) is 1.39. The summed E-state index contributed by atoms with van der Waals surface area (Å²) in [5, 5.41) is 18.1. The minimum Gasteiger partial charge on any atom is -0.508 e. The fraction of sp³-hybridized carbons (Fsp3) is 0.417. The van der Waals surface area contributed by atoms with Crippen LogP contribution in [0.15, 0.2) is 16.9 Å². The van der Waals surface area contributed by atoms with Gasteiger partial charge in [-0.1, -0.05) is 0 Å². The number of carbonyl (C=O) groups excluding carboxylic acids is 1. The molecule has 1 unspecified atom stereocenters. The summed E-state index contributed by atoms with van der Waals surface area (Å²) in [5.41, 5.74) is -0.0862. The van der Waals surface area contributed by atoms with Crippen LogP contribution in [0.3, 0.4) is 0 Å². The average molecular weight is 268 g/mol. The molecule has 0 aliphatic heterocycles. The van der Waals surface area contributed by atoms with Crippen LogP contribution in [0.2, 0.25) is 0 Å². The Balaban J connectivity index is 2.95. The molecular weight excluding hydrogens is 252 g/mol. The number of hydrogen-bond donors (Lipinski definition) is 2. The van der Waals surface area contributed by atoms with Gasteiger partial charge in [0.05, 0.1) is 0 Å². The number of likely N-dealkylation sites (N-methyl/N-ethyl adjacent to an activating group) is 1. The van der Waals surface area contributed by atoms with E-state index in [4.69, 9.17) is 5.11 Å². The molecule has 1 aromatic heterocycles. The topological polar surface area (TPSA) is 99.8 Å². The Morgan fingerprint density at radius 3 is 2.47 bits per heavy atom. The molecule has 0 spiro atoms. The molecule has 1 atom stereocenters. The summed E-state index contributed by atoms with van der Waals surface area (Å²) in [7, 11) is 1.36. The monoisotopic (exact) mass is 268 g/mol. The number of carbonyl (C=O) groups is 2. The number of carboxylic acids is 1. The molecule has 0 bridgehead atoms. The third kappa shape index (κ3) is 3.34. The first kappa shape index (κ1) is 14.7. The van der Waals surface area contributed by atoms with Gasteiger partial charge in [0, 0.05) is 18.8 Å². The first-order chi connectivity index (χ1) is 8.73. The number of nitrogens with zero attached hydrogens (tertiary/aromatic N) is 2. The van der Waals surface area contributed by atoms with Crippen molar-refractivity contribution < 1.29 is 19.8 Å². The Morgan fingerprint density at radius 1 is 1.42 bits per heavy atom. The summed E-state index contributed by atoms with van der Waals surface area (Å²) < 4.78 is 1.17. The van der Waals surface area contributed by atoms with E-state index in [-0.39, 0.29) is 12.3 Å². The Hall–Kier alpha value is -2.31. The van der Waals surface area contributed by atoms with E-state index in [2.05, 4.69) is 0 Å². The van der Waals surface area contributed by atoms with E-state index in [1.165, 1.54) is 24.6 Å². The zero-order valence-electron chi connectivity index (χ0n) is 11.0. The minimum atomic E-state index is -1.12. The van der Waals surface area contributed by atoms with Gasteiger partial charge in [-0.05, 0) is 19.9 Å². The van der Waals surface area contributed by atoms with Gasteiger partial charge in [-0.3, -0.25) is 9.59 Å². The van der Waals surface area contributed by atoms with Crippen LogP contribution in [-0.2, 0) is 16.1 Å². The second kappa shape index (κ2) is 5.55. The highest BCUT2D eigenvalue weighted by Gasteiger charge is 2.22. The van der Waals surface area contributed by atoms with Crippen molar-refractivity contribution in [2.75, 3.05) is 7.05 Å². The van der Waals surface area contributed by atoms with E-state index in [0.29, 0.717) is 5.69 Å². The highest BCUT2D eigenvalue weighted by atomic mass is 16.4. The molecule has 7 heteroatoms. The Kier molecular flexibility index (Phi) is 4.31. The van der Waals surface area contributed by atoms with Gasteiger partial charge in [-0.25, -0.2) is 4.79 Å². The van der Waals surface area contributed by atoms with Gasteiger partial charge in [0.25, 0.3) is 5.56 Å². The van der Waals surface area contributed by atoms with E-state index in [1.807, 2.05) is 0 Å². The Bertz CT molecular complexity index is 564. The van der Waals surface area contributed by atoms with Gasteiger partial charge in [0.1, 0.15) is 18.3 Å². The zero-order valence-corrected chi connectivity index (χ0v) is 11.0. The minimum absolute atomic E-state index is 0.168. The highest BCUT2D eigenvalue weighted by molar-refractivity contribution is 5.83. The quantitative estimate of drug-likeness (QED) is 0.787. The standard InChI is InChI=1S/C12H16N2O5/c1-7-4-9(15)5-10(16)14(7)6-11(17)13(3)8(2)12(18)19/h4-5,8,15H,6H2,1-3H3,(H,18,19). The van der Waals surface area contributed by atoms with Gasteiger partial charge in [-0.15, -0.1) is 0 Å². The molecule has 0 saturated heterocycles. The molecule has 1 amide bonds. The summed E-state index contributed by atoms with van der Waals surface area (Å²) in [6.45, 7) is 2.70. The number of rotatable bonds is 4. The molecule has 7 nitrogen and oxygen atoms in total. The van der Waals surface area contributed by atoms with E-state index < -0.39 is 23.5 Å². The SMILES string of the molecule is Cc1cc(O)cc(=O)n1CC(=O)N(C)C(C)C(=O)O. The number of carboxylic acid groups (broad SMARTS) is 1. The van der Waals surface area contributed by atoms with Crippen molar-refractivity contribution >= 4 is 11.9 Å². The molecule has 1 rings (SSSR count). The summed E-state index contributed by atoms with van der Waals surface area (Å²) in [4.78, 5) is 35.4. The summed E-state index contributed by atoms with van der Waals surface area (Å²) in [6.07, 6.45) is 0. The highest BCUT2D eigenvalue weighted by Crippen LogP contribution is 2.07. The van der Waals surface area contributed by atoms with Gasteiger partial charge < -0.3 is 19.7 Å². The van der Waals surface area contributed by atoms with Crippen LogP contribution in [-0.4, -0.2) is 44.6 Å². The Labute approximate surface area is 109 Å². The van der Waals surface area contributed by atoms with E-state index in [0.717, 1.165) is 11.0 Å². The van der Waals surface area contributed by atoms with Gasteiger partial charge in [-0.2, -0.15) is 0 Å². The van der Waals surface area contributed by atoms with E-state index in [9.17, 15) is 19.5 Å². The third-order valence-corrected chi connectivity index (χ3v) is 2.95. The predicted molar refractivity (Wildman–Crippen MR) is 67.0 cm³/mol. The van der Waals surface area contributed by atoms with Crippen molar-refractivity contribution in [1.82, 2.24) is 9.47 Å². The van der Waals surface area contributed by atoms with Crippen LogP contribution in [0.25, 0.3) is 0 Å². The number of hydrogen-bond acceptors (Lipinski definition) is 4. The number of pyridine rings is 1. The van der Waals surface area contributed by atoms with Crippen molar-refractivity contribution in [1.29, 1.82) is 0 Å². The van der Waals surface area contributed by atoms with E-state index in [1.54, 1.807) is 6.92 Å². The first-order valence-electron chi connectivity index (χ1n) is 5.63. The van der Waals surface area contributed by atoms with Crippen molar-refractivity contribution in [3.8, 4) is 5.75 Å². The van der Waals surface area contributed by atoms with Crippen LogP contribution >= 0.6 is 0 Å². The lowest BCUT2D eigenvalue weighted by atomic mass is 10.3. The van der Waals surface area contributed by atoms with E-state index >= 15 is 0 Å². The average Bonchev–Trinajstić information content (AvgIpc) is 2.31. The van der Waals surface area contributed by atoms with Gasteiger partial charge in [0.2, 0.25) is 5.91 Å². The second-order valence-electron chi connectivity index (χ2n) is 4.30. The normalized spacial score (nSPS) is 11.9. The fourth-order valence-electron chi connectivity index (χ4n) is 1.54. The molecule has 1 heterocycles. The molecule has 104 valence electrons. The van der Waals surface area contributed by atoms with Crippen LogP contribution in [0.4, 0.5) is 0 Å². The van der Waals surface area contributed by atoms with Crippen LogP contribution < -0.4 is 5.56 Å². The molecule has 0 fully saturated rings. The first-order valence-corrected chi connectivity index (χ1v) is 5.63. The third-order valence-electron chi connectivity index (χ3n) is 2.95.